The summed E-state index contributed by atoms with van der Waals surface area (Å²) in [4.78, 5) is 16.2. The Kier molecular flexibility index (Phi) is 3.92. The first-order valence-electron chi connectivity index (χ1n) is 6.34. The Morgan fingerprint density at radius 3 is 2.89 bits per heavy atom. The third-order valence-corrected chi connectivity index (χ3v) is 4.79. The molecule has 3 N–H and O–H groups in total. The SMILES string of the molecule is Cc1sc(C(=O)NC2CCN(C)C(C)C2)cc1N. The number of piperidine rings is 1. The molecule has 0 aliphatic carbocycles. The Labute approximate surface area is 112 Å². The van der Waals surface area contributed by atoms with Crippen molar-refractivity contribution in [2.45, 2.75) is 38.8 Å². The van der Waals surface area contributed by atoms with E-state index in [4.69, 9.17) is 5.73 Å². The van der Waals surface area contributed by atoms with Crippen LogP contribution >= 0.6 is 11.3 Å². The van der Waals surface area contributed by atoms with Crippen LogP contribution in [0.1, 0.15) is 34.3 Å². The number of aryl methyl sites for hydroxylation is 1. The summed E-state index contributed by atoms with van der Waals surface area (Å²) in [5, 5.41) is 3.12. The highest BCUT2D eigenvalue weighted by Gasteiger charge is 2.24. The van der Waals surface area contributed by atoms with E-state index in [0.717, 1.165) is 29.1 Å². The summed E-state index contributed by atoms with van der Waals surface area (Å²) in [5.74, 6) is 0.0153. The molecule has 0 spiro atoms. The molecule has 2 rings (SSSR count). The molecule has 1 aliphatic heterocycles. The second kappa shape index (κ2) is 5.28. The van der Waals surface area contributed by atoms with Crippen molar-refractivity contribution in [3.63, 3.8) is 0 Å². The zero-order valence-electron chi connectivity index (χ0n) is 11.2. The van der Waals surface area contributed by atoms with Gasteiger partial charge in [-0.15, -0.1) is 11.3 Å². The Morgan fingerprint density at radius 2 is 2.33 bits per heavy atom. The number of nitrogens with zero attached hydrogens (tertiary/aromatic N) is 1. The lowest BCUT2D eigenvalue weighted by Gasteiger charge is -2.35. The fourth-order valence-corrected chi connectivity index (χ4v) is 3.13. The zero-order chi connectivity index (χ0) is 13.3. The molecule has 1 aliphatic rings. The highest BCUT2D eigenvalue weighted by atomic mass is 32.1. The molecule has 18 heavy (non-hydrogen) atoms. The van der Waals surface area contributed by atoms with Crippen LogP contribution in [0.25, 0.3) is 0 Å². The van der Waals surface area contributed by atoms with Gasteiger partial charge in [-0.05, 0) is 39.8 Å². The van der Waals surface area contributed by atoms with Gasteiger partial charge in [-0.2, -0.15) is 0 Å². The minimum absolute atomic E-state index is 0.0153. The fraction of sp³-hybridized carbons (Fsp3) is 0.615. The predicted molar refractivity (Wildman–Crippen MR) is 76.0 cm³/mol. The number of carbonyl (C=O) groups is 1. The first-order chi connectivity index (χ1) is 8.47. The van der Waals surface area contributed by atoms with Gasteiger partial charge in [-0.25, -0.2) is 0 Å². The third-order valence-electron chi connectivity index (χ3n) is 3.72. The summed E-state index contributed by atoms with van der Waals surface area (Å²) in [7, 11) is 2.13. The normalized spacial score (nSPS) is 25.1. The molecule has 2 atom stereocenters. The maximum Gasteiger partial charge on any atom is 0.261 e. The van der Waals surface area contributed by atoms with Crippen molar-refractivity contribution in [3.05, 3.63) is 15.8 Å². The van der Waals surface area contributed by atoms with Crippen LogP contribution in [0.5, 0.6) is 0 Å². The molecule has 0 bridgehead atoms. The zero-order valence-corrected chi connectivity index (χ0v) is 12.0. The summed E-state index contributed by atoms with van der Waals surface area (Å²) in [6.07, 6.45) is 2.04. The molecule has 5 heteroatoms. The van der Waals surface area contributed by atoms with E-state index in [-0.39, 0.29) is 11.9 Å². The van der Waals surface area contributed by atoms with Crippen LogP contribution in [0.4, 0.5) is 5.69 Å². The molecule has 0 saturated carbocycles. The summed E-state index contributed by atoms with van der Waals surface area (Å²) >= 11 is 1.46. The Balaban J connectivity index is 1.95. The van der Waals surface area contributed by atoms with Gasteiger partial charge in [0.25, 0.3) is 5.91 Å². The maximum atomic E-state index is 12.1. The Hall–Kier alpha value is -1.07. The highest BCUT2D eigenvalue weighted by molar-refractivity contribution is 7.14. The minimum atomic E-state index is 0.0153. The first kappa shape index (κ1) is 13.4. The van der Waals surface area contributed by atoms with Gasteiger partial charge in [0.15, 0.2) is 0 Å². The van der Waals surface area contributed by atoms with Crippen LogP contribution in [0.15, 0.2) is 6.07 Å². The molecule has 100 valence electrons. The van der Waals surface area contributed by atoms with Crippen molar-refractivity contribution in [3.8, 4) is 0 Å². The number of nitrogens with two attached hydrogens (primary N) is 1. The standard InChI is InChI=1S/C13H21N3OS/c1-8-6-10(4-5-16(8)3)15-13(17)12-7-11(14)9(2)18-12/h7-8,10H,4-6,14H2,1-3H3,(H,15,17). The van der Waals surface area contributed by atoms with E-state index in [0.29, 0.717) is 11.7 Å². The Morgan fingerprint density at radius 1 is 1.61 bits per heavy atom. The predicted octanol–water partition coefficient (Wildman–Crippen LogP) is 1.85. The van der Waals surface area contributed by atoms with Gasteiger partial charge in [-0.3, -0.25) is 4.79 Å². The number of anilines is 1. The van der Waals surface area contributed by atoms with Crippen LogP contribution in [0, 0.1) is 6.92 Å². The molecule has 1 fully saturated rings. The summed E-state index contributed by atoms with van der Waals surface area (Å²) in [5.41, 5.74) is 6.49. The van der Waals surface area contributed by atoms with Crippen LogP contribution in [-0.4, -0.2) is 36.5 Å². The van der Waals surface area contributed by atoms with Gasteiger partial charge in [0.2, 0.25) is 0 Å². The molecule has 1 aromatic heterocycles. The smallest absolute Gasteiger partial charge is 0.261 e. The number of hydrogen-bond donors (Lipinski definition) is 2. The second-order valence-electron chi connectivity index (χ2n) is 5.15. The number of nitrogen functional groups attached to an aromatic ring is 1. The van der Waals surface area contributed by atoms with E-state index in [1.807, 2.05) is 6.92 Å². The topological polar surface area (TPSA) is 58.4 Å². The van der Waals surface area contributed by atoms with Crippen molar-refractivity contribution in [1.82, 2.24) is 10.2 Å². The van der Waals surface area contributed by atoms with Crippen molar-refractivity contribution in [1.29, 1.82) is 0 Å². The second-order valence-corrected chi connectivity index (χ2v) is 6.40. The summed E-state index contributed by atoms with van der Waals surface area (Å²) in [6, 6.07) is 2.58. The van der Waals surface area contributed by atoms with Gasteiger partial charge >= 0.3 is 0 Å². The fourth-order valence-electron chi connectivity index (χ4n) is 2.29. The van der Waals surface area contributed by atoms with Gasteiger partial charge in [0.1, 0.15) is 0 Å². The summed E-state index contributed by atoms with van der Waals surface area (Å²) in [6.45, 7) is 5.18. The molecule has 1 saturated heterocycles. The van der Waals surface area contributed by atoms with Gasteiger partial charge < -0.3 is 16.0 Å². The number of hydrogen-bond acceptors (Lipinski definition) is 4. The molecule has 2 heterocycles. The number of thiophene rings is 1. The van der Waals surface area contributed by atoms with E-state index >= 15 is 0 Å². The number of carbonyl (C=O) groups excluding carboxylic acids is 1. The number of rotatable bonds is 2. The third kappa shape index (κ3) is 2.84. The number of likely N-dealkylation sites (tertiary alicyclic amines) is 1. The van der Waals surface area contributed by atoms with Crippen molar-refractivity contribution in [2.75, 3.05) is 19.3 Å². The molecule has 0 radical (unpaired) electrons. The van der Waals surface area contributed by atoms with Gasteiger partial charge in [-0.1, -0.05) is 0 Å². The molecule has 1 amide bonds. The lowest BCUT2D eigenvalue weighted by molar-refractivity contribution is 0.0900. The van der Waals surface area contributed by atoms with Gasteiger partial charge in [0, 0.05) is 29.2 Å². The van der Waals surface area contributed by atoms with Crippen LogP contribution in [0.2, 0.25) is 0 Å². The molecule has 0 aromatic carbocycles. The molecule has 4 nitrogen and oxygen atoms in total. The largest absolute Gasteiger partial charge is 0.398 e. The quantitative estimate of drug-likeness (QED) is 0.860. The number of nitrogens with one attached hydrogen (secondary N) is 1. The van der Waals surface area contributed by atoms with Crippen LogP contribution < -0.4 is 11.1 Å². The number of amides is 1. The van der Waals surface area contributed by atoms with Crippen LogP contribution in [0.3, 0.4) is 0 Å². The Bertz CT molecular complexity index is 424. The molecular weight excluding hydrogens is 246 g/mol. The van der Waals surface area contributed by atoms with Crippen molar-refractivity contribution in [2.24, 2.45) is 0 Å². The molecule has 1 aromatic rings. The average molecular weight is 267 g/mol. The van der Waals surface area contributed by atoms with E-state index in [9.17, 15) is 4.79 Å². The monoisotopic (exact) mass is 267 g/mol. The van der Waals surface area contributed by atoms with E-state index in [1.54, 1.807) is 6.07 Å². The highest BCUT2D eigenvalue weighted by Crippen LogP contribution is 2.24. The van der Waals surface area contributed by atoms with Crippen molar-refractivity contribution < 1.29 is 4.79 Å². The first-order valence-corrected chi connectivity index (χ1v) is 7.16. The van der Waals surface area contributed by atoms with Crippen molar-refractivity contribution >= 4 is 22.9 Å². The molecule has 2 unspecified atom stereocenters. The lowest BCUT2D eigenvalue weighted by atomic mass is 9.99. The van der Waals surface area contributed by atoms with E-state index in [1.165, 1.54) is 11.3 Å². The van der Waals surface area contributed by atoms with E-state index in [2.05, 4.69) is 24.2 Å². The average Bonchev–Trinajstić information content (AvgIpc) is 2.65. The van der Waals surface area contributed by atoms with E-state index < -0.39 is 0 Å². The molecular formula is C13H21N3OS. The lowest BCUT2D eigenvalue weighted by Crippen LogP contribution is -2.47. The summed E-state index contributed by atoms with van der Waals surface area (Å²) < 4.78 is 0. The minimum Gasteiger partial charge on any atom is -0.398 e. The maximum absolute atomic E-state index is 12.1. The van der Waals surface area contributed by atoms with Crippen LogP contribution in [-0.2, 0) is 0 Å². The van der Waals surface area contributed by atoms with Gasteiger partial charge in [0.05, 0.1) is 4.88 Å².